The number of benzene rings is 3. The normalized spacial score (nSPS) is 10.9. The average molecular weight is 685 g/mol. The van der Waals surface area contributed by atoms with E-state index in [0.29, 0.717) is 22.9 Å². The largest absolute Gasteiger partial charge is 0.487 e. The van der Waals surface area contributed by atoms with E-state index < -0.39 is 11.9 Å². The molecule has 3 rings (SSSR count). The highest BCUT2D eigenvalue weighted by molar-refractivity contribution is 14.1. The number of hydrogen-bond acceptors (Lipinski definition) is 4. The Kier molecular flexibility index (Phi) is 8.71. The Balaban J connectivity index is 1.77. The Morgan fingerprint density at radius 3 is 2.36 bits per heavy atom. The molecule has 2 N–H and O–H groups in total. The lowest BCUT2D eigenvalue weighted by molar-refractivity contribution is -0.112. The molecule has 3 aromatic rings. The molecule has 0 unspecified atom stereocenters. The summed E-state index contributed by atoms with van der Waals surface area (Å²) < 4.78 is 7.62. The molecule has 0 heterocycles. The molecule has 0 aliphatic carbocycles. The highest BCUT2D eigenvalue weighted by Crippen LogP contribution is 2.30. The van der Waals surface area contributed by atoms with Crippen LogP contribution in [-0.2, 0) is 11.4 Å². The van der Waals surface area contributed by atoms with Crippen LogP contribution in [0.15, 0.2) is 66.2 Å². The van der Waals surface area contributed by atoms with Crippen molar-refractivity contribution in [3.05, 3.63) is 95.1 Å². The lowest BCUT2D eigenvalue weighted by Crippen LogP contribution is -2.14. The van der Waals surface area contributed by atoms with Crippen LogP contribution in [0.4, 0.5) is 5.69 Å². The minimum atomic E-state index is -1.11. The van der Waals surface area contributed by atoms with E-state index in [1.54, 1.807) is 18.2 Å². The van der Waals surface area contributed by atoms with Gasteiger partial charge in [0.05, 0.1) is 12.7 Å². The van der Waals surface area contributed by atoms with Crippen LogP contribution in [0.5, 0.6) is 5.75 Å². The fraction of sp³-hybridized carbons (Fsp3) is 0.0417. The van der Waals surface area contributed by atoms with Crippen molar-refractivity contribution in [2.75, 3.05) is 5.32 Å². The van der Waals surface area contributed by atoms with Crippen molar-refractivity contribution >= 4 is 80.4 Å². The van der Waals surface area contributed by atoms with Crippen LogP contribution in [0.2, 0.25) is 5.02 Å². The maximum Gasteiger partial charge on any atom is 0.335 e. The van der Waals surface area contributed by atoms with Gasteiger partial charge in [0.2, 0.25) is 0 Å². The molecule has 1 amide bonds. The van der Waals surface area contributed by atoms with Gasteiger partial charge in [0.15, 0.2) is 0 Å². The van der Waals surface area contributed by atoms with Crippen LogP contribution in [0.25, 0.3) is 6.08 Å². The maximum absolute atomic E-state index is 12.6. The van der Waals surface area contributed by atoms with Crippen LogP contribution in [0.1, 0.15) is 21.5 Å². The van der Waals surface area contributed by atoms with Gasteiger partial charge in [0.25, 0.3) is 5.91 Å². The number of nitrogens with one attached hydrogen (secondary N) is 1. The molecule has 0 bridgehead atoms. The zero-order chi connectivity index (χ0) is 24.0. The van der Waals surface area contributed by atoms with Crippen molar-refractivity contribution in [3.63, 3.8) is 0 Å². The minimum absolute atomic E-state index is 0.0357. The SMILES string of the molecule is N#CC(=Cc1cc(I)c(OCc2ccc(Cl)cc2)c(I)c1)C(=O)Nc1cccc(C(=O)O)c1. The number of anilines is 1. The number of carboxylic acids is 1. The summed E-state index contributed by atoms with van der Waals surface area (Å²) in [6, 6.07) is 18.7. The van der Waals surface area contributed by atoms with Gasteiger partial charge in [0, 0.05) is 10.7 Å². The quantitative estimate of drug-likeness (QED) is 0.171. The van der Waals surface area contributed by atoms with Crippen LogP contribution in [0.3, 0.4) is 0 Å². The number of halogens is 3. The van der Waals surface area contributed by atoms with E-state index in [1.165, 1.54) is 24.3 Å². The predicted octanol–water partition coefficient (Wildman–Crippen LogP) is 6.37. The third-order valence-corrected chi connectivity index (χ3v) is 6.22. The maximum atomic E-state index is 12.6. The summed E-state index contributed by atoms with van der Waals surface area (Å²) in [6.07, 6.45) is 1.48. The lowest BCUT2D eigenvalue weighted by atomic mass is 10.1. The van der Waals surface area contributed by atoms with Gasteiger partial charge in [-0.3, -0.25) is 4.79 Å². The molecule has 166 valence electrons. The summed E-state index contributed by atoms with van der Waals surface area (Å²) in [4.78, 5) is 23.7. The minimum Gasteiger partial charge on any atom is -0.487 e. The standard InChI is InChI=1S/C24H15ClI2N2O4/c25-18-6-4-14(5-7-18)13-33-22-20(26)9-15(10-21(22)27)8-17(12-28)23(30)29-19-3-1-2-16(11-19)24(31)32/h1-11H,13H2,(H,29,30)(H,31,32). The Labute approximate surface area is 222 Å². The molecule has 0 fully saturated rings. The second kappa shape index (κ2) is 11.5. The van der Waals surface area contributed by atoms with E-state index in [0.717, 1.165) is 12.7 Å². The van der Waals surface area contributed by atoms with Crippen molar-refractivity contribution in [1.29, 1.82) is 5.26 Å². The topological polar surface area (TPSA) is 99.4 Å². The third-order valence-electron chi connectivity index (χ3n) is 4.36. The highest BCUT2D eigenvalue weighted by atomic mass is 127. The Bertz CT molecular complexity index is 1260. The molecule has 3 aromatic carbocycles. The molecule has 9 heteroatoms. The van der Waals surface area contributed by atoms with Crippen molar-refractivity contribution < 1.29 is 19.4 Å². The first-order valence-corrected chi connectivity index (χ1v) is 11.9. The lowest BCUT2D eigenvalue weighted by Gasteiger charge is -2.12. The van der Waals surface area contributed by atoms with E-state index in [2.05, 4.69) is 50.5 Å². The van der Waals surface area contributed by atoms with Crippen LogP contribution in [-0.4, -0.2) is 17.0 Å². The second-order valence-corrected chi connectivity index (χ2v) is 9.50. The molecule has 0 aliphatic rings. The smallest absolute Gasteiger partial charge is 0.335 e. The van der Waals surface area contributed by atoms with Gasteiger partial charge in [-0.25, -0.2) is 4.79 Å². The van der Waals surface area contributed by atoms with Crippen LogP contribution >= 0.6 is 56.8 Å². The number of ether oxygens (including phenoxy) is 1. The van der Waals surface area contributed by atoms with Gasteiger partial charge in [-0.05, 0) is 105 Å². The summed E-state index contributed by atoms with van der Waals surface area (Å²) in [6.45, 7) is 0.375. The van der Waals surface area contributed by atoms with Crippen LogP contribution in [0, 0.1) is 18.5 Å². The van der Waals surface area contributed by atoms with E-state index in [4.69, 9.17) is 21.4 Å². The van der Waals surface area contributed by atoms with Crippen molar-refractivity contribution in [3.8, 4) is 11.8 Å². The van der Waals surface area contributed by atoms with Gasteiger partial charge in [-0.2, -0.15) is 5.26 Å². The second-order valence-electron chi connectivity index (χ2n) is 6.74. The zero-order valence-electron chi connectivity index (χ0n) is 16.8. The predicted molar refractivity (Wildman–Crippen MR) is 143 cm³/mol. The number of amides is 1. The number of carbonyl (C=O) groups is 2. The molecule has 0 atom stereocenters. The van der Waals surface area contributed by atoms with Crippen LogP contribution < -0.4 is 10.1 Å². The summed E-state index contributed by atoms with van der Waals surface area (Å²) >= 11 is 10.2. The molecular formula is C24H15ClI2N2O4. The van der Waals surface area contributed by atoms with Gasteiger partial charge < -0.3 is 15.2 Å². The molecule has 0 saturated carbocycles. The number of hydrogen-bond donors (Lipinski definition) is 2. The zero-order valence-corrected chi connectivity index (χ0v) is 21.9. The van der Waals surface area contributed by atoms with Gasteiger partial charge in [0.1, 0.15) is 24.0 Å². The molecule has 6 nitrogen and oxygen atoms in total. The highest BCUT2D eigenvalue weighted by Gasteiger charge is 2.13. The third kappa shape index (κ3) is 6.93. The average Bonchev–Trinajstić information content (AvgIpc) is 2.78. The van der Waals surface area contributed by atoms with E-state index in [-0.39, 0.29) is 16.8 Å². The Morgan fingerprint density at radius 2 is 1.76 bits per heavy atom. The molecule has 0 radical (unpaired) electrons. The molecule has 0 aliphatic heterocycles. The van der Waals surface area contributed by atoms with E-state index in [9.17, 15) is 14.9 Å². The number of carbonyl (C=O) groups excluding carboxylic acids is 1. The first-order valence-electron chi connectivity index (χ1n) is 9.39. The molecule has 0 aromatic heterocycles. The number of rotatable bonds is 7. The monoisotopic (exact) mass is 684 g/mol. The van der Waals surface area contributed by atoms with Gasteiger partial charge >= 0.3 is 5.97 Å². The van der Waals surface area contributed by atoms with E-state index >= 15 is 0 Å². The number of nitrogens with zero attached hydrogens (tertiary/aromatic N) is 1. The number of carboxylic acid groups (broad SMARTS) is 1. The van der Waals surface area contributed by atoms with E-state index in [1.807, 2.05) is 30.3 Å². The summed E-state index contributed by atoms with van der Waals surface area (Å²) in [5, 5.41) is 21.8. The van der Waals surface area contributed by atoms with Gasteiger partial charge in [-0.1, -0.05) is 29.8 Å². The summed E-state index contributed by atoms with van der Waals surface area (Å²) in [5.74, 6) is -1.03. The van der Waals surface area contributed by atoms with Gasteiger partial charge in [-0.15, -0.1) is 0 Å². The molecule has 33 heavy (non-hydrogen) atoms. The summed E-state index contributed by atoms with van der Waals surface area (Å²) in [7, 11) is 0. The first-order chi connectivity index (χ1) is 15.8. The van der Waals surface area contributed by atoms with Crippen molar-refractivity contribution in [1.82, 2.24) is 0 Å². The Hall–Kier alpha value is -2.62. The summed E-state index contributed by atoms with van der Waals surface area (Å²) in [5.41, 5.74) is 1.85. The Morgan fingerprint density at radius 1 is 1.09 bits per heavy atom. The molecule has 0 saturated heterocycles. The number of nitriles is 1. The fourth-order valence-corrected chi connectivity index (χ4v) is 5.03. The van der Waals surface area contributed by atoms with Crippen molar-refractivity contribution in [2.24, 2.45) is 0 Å². The van der Waals surface area contributed by atoms with Crippen molar-refractivity contribution in [2.45, 2.75) is 6.61 Å². The first kappa shape index (κ1) is 25.0. The number of aromatic carboxylic acids is 1. The molecule has 0 spiro atoms. The fourth-order valence-electron chi connectivity index (χ4n) is 2.78. The molecular weight excluding hydrogens is 670 g/mol.